The van der Waals surface area contributed by atoms with Gasteiger partial charge in [-0.1, -0.05) is 13.8 Å². The highest BCUT2D eigenvalue weighted by Gasteiger charge is 2.28. The van der Waals surface area contributed by atoms with Crippen LogP contribution >= 0.6 is 0 Å². The summed E-state index contributed by atoms with van der Waals surface area (Å²) in [6.07, 6.45) is 0. The Hall–Kier alpha value is -2.12. The number of halogens is 4. The van der Waals surface area contributed by atoms with Crippen LogP contribution in [0, 0.1) is 29.2 Å². The quantitative estimate of drug-likeness (QED) is 0.507. The minimum absolute atomic E-state index is 0.169. The molecule has 0 aliphatic heterocycles. The summed E-state index contributed by atoms with van der Waals surface area (Å²) in [5, 5.41) is 10.8. The Labute approximate surface area is 111 Å². The molecule has 0 spiro atoms. The predicted molar refractivity (Wildman–Crippen MR) is 60.0 cm³/mol. The van der Waals surface area contributed by atoms with Crippen molar-refractivity contribution in [2.45, 2.75) is 19.9 Å². The summed E-state index contributed by atoms with van der Waals surface area (Å²) in [5.41, 5.74) is -1.10. The first kappa shape index (κ1) is 15.9. The molecule has 1 amide bonds. The van der Waals surface area contributed by atoms with E-state index in [2.05, 4.69) is 0 Å². The smallest absolute Gasteiger partial charge is 0.326 e. The normalized spacial score (nSPS) is 12.3. The monoisotopic (exact) mass is 293 g/mol. The second-order valence-corrected chi connectivity index (χ2v) is 4.38. The Morgan fingerprint density at radius 3 is 2.10 bits per heavy atom. The lowest BCUT2D eigenvalue weighted by molar-refractivity contribution is -0.140. The molecule has 0 saturated carbocycles. The molecule has 1 aromatic carbocycles. The van der Waals surface area contributed by atoms with Crippen LogP contribution in [0.5, 0.6) is 0 Å². The first-order chi connectivity index (χ1) is 9.16. The van der Waals surface area contributed by atoms with Crippen LogP contribution in [-0.2, 0) is 4.79 Å². The summed E-state index contributed by atoms with van der Waals surface area (Å²) < 4.78 is 52.0. The van der Waals surface area contributed by atoms with Gasteiger partial charge in [0.2, 0.25) is 0 Å². The van der Waals surface area contributed by atoms with Crippen LogP contribution in [0.4, 0.5) is 17.6 Å². The van der Waals surface area contributed by atoms with Crippen LogP contribution < -0.4 is 5.32 Å². The summed E-state index contributed by atoms with van der Waals surface area (Å²) in [6.45, 7) is 2.95. The number of carbonyl (C=O) groups excluding carboxylic acids is 1. The molecule has 2 N–H and O–H groups in total. The molecule has 0 aliphatic carbocycles. The molecule has 110 valence electrons. The average molecular weight is 293 g/mol. The first-order valence-electron chi connectivity index (χ1n) is 5.53. The molecular weight excluding hydrogens is 282 g/mol. The van der Waals surface area contributed by atoms with Crippen molar-refractivity contribution in [1.82, 2.24) is 5.32 Å². The Bertz CT molecular complexity index is 560. The van der Waals surface area contributed by atoms with Gasteiger partial charge in [0.25, 0.3) is 5.91 Å². The van der Waals surface area contributed by atoms with Crippen molar-refractivity contribution in [3.05, 3.63) is 34.9 Å². The van der Waals surface area contributed by atoms with Crippen molar-refractivity contribution in [3.63, 3.8) is 0 Å². The number of rotatable bonds is 4. The standard InChI is InChI=1S/C12H11F4NO3/c1-4(2)10(12(19)20)17-11(18)5-3-6(13)8(15)9(16)7(5)14/h3-4,10H,1-2H3,(H,17,18)(H,19,20). The van der Waals surface area contributed by atoms with Crippen LogP contribution in [0.15, 0.2) is 6.07 Å². The molecule has 0 aliphatic rings. The van der Waals surface area contributed by atoms with Gasteiger partial charge in [-0.05, 0) is 12.0 Å². The zero-order valence-electron chi connectivity index (χ0n) is 10.5. The van der Waals surface area contributed by atoms with Gasteiger partial charge in [-0.2, -0.15) is 0 Å². The van der Waals surface area contributed by atoms with E-state index in [0.29, 0.717) is 0 Å². The second-order valence-electron chi connectivity index (χ2n) is 4.38. The number of carbonyl (C=O) groups is 2. The molecule has 0 radical (unpaired) electrons. The molecule has 0 fully saturated rings. The van der Waals surface area contributed by atoms with Gasteiger partial charge in [0.05, 0.1) is 5.56 Å². The van der Waals surface area contributed by atoms with Gasteiger partial charge in [-0.15, -0.1) is 0 Å². The van der Waals surface area contributed by atoms with E-state index in [4.69, 9.17) is 5.11 Å². The highest BCUT2D eigenvalue weighted by Crippen LogP contribution is 2.19. The maximum absolute atomic E-state index is 13.4. The number of hydrogen-bond donors (Lipinski definition) is 2. The molecule has 0 heterocycles. The van der Waals surface area contributed by atoms with Crippen LogP contribution in [0.2, 0.25) is 0 Å². The van der Waals surface area contributed by atoms with E-state index in [1.165, 1.54) is 13.8 Å². The Balaban J connectivity index is 3.13. The van der Waals surface area contributed by atoms with Gasteiger partial charge >= 0.3 is 5.97 Å². The molecule has 8 heteroatoms. The van der Waals surface area contributed by atoms with Gasteiger partial charge in [0, 0.05) is 0 Å². The molecule has 1 aromatic rings. The maximum Gasteiger partial charge on any atom is 0.326 e. The SMILES string of the molecule is CC(C)C(NC(=O)c1cc(F)c(F)c(F)c1F)C(=O)O. The third-order valence-corrected chi connectivity index (χ3v) is 2.57. The molecule has 0 saturated heterocycles. The minimum atomic E-state index is -2.13. The number of carboxylic acid groups (broad SMARTS) is 1. The van der Waals surface area contributed by atoms with Crippen molar-refractivity contribution in [2.75, 3.05) is 0 Å². The van der Waals surface area contributed by atoms with Crippen LogP contribution in [0.1, 0.15) is 24.2 Å². The Morgan fingerprint density at radius 2 is 1.65 bits per heavy atom. The number of benzene rings is 1. The van der Waals surface area contributed by atoms with Crippen molar-refractivity contribution in [3.8, 4) is 0 Å². The second kappa shape index (κ2) is 5.89. The van der Waals surface area contributed by atoms with E-state index in [9.17, 15) is 27.2 Å². The molecule has 1 unspecified atom stereocenters. The highest BCUT2D eigenvalue weighted by molar-refractivity contribution is 5.96. The summed E-state index contributed by atoms with van der Waals surface area (Å²) in [4.78, 5) is 22.5. The van der Waals surface area contributed by atoms with Crippen LogP contribution in [0.25, 0.3) is 0 Å². The largest absolute Gasteiger partial charge is 0.480 e. The van der Waals surface area contributed by atoms with E-state index < -0.39 is 52.7 Å². The predicted octanol–water partition coefficient (Wildman–Crippen LogP) is 2.08. The van der Waals surface area contributed by atoms with E-state index in [0.717, 1.165) is 0 Å². The van der Waals surface area contributed by atoms with Gasteiger partial charge in [0.15, 0.2) is 23.3 Å². The molecule has 4 nitrogen and oxygen atoms in total. The summed E-state index contributed by atoms with van der Waals surface area (Å²) >= 11 is 0. The lowest BCUT2D eigenvalue weighted by Gasteiger charge is -2.18. The Morgan fingerprint density at radius 1 is 1.10 bits per heavy atom. The molecule has 1 rings (SSSR count). The summed E-state index contributed by atoms with van der Waals surface area (Å²) in [6, 6.07) is -1.21. The highest BCUT2D eigenvalue weighted by atomic mass is 19.2. The van der Waals surface area contributed by atoms with Crippen molar-refractivity contribution < 1.29 is 32.3 Å². The number of amides is 1. The summed E-state index contributed by atoms with van der Waals surface area (Å²) in [5.74, 6) is -11.1. The fraction of sp³-hybridized carbons (Fsp3) is 0.333. The third-order valence-electron chi connectivity index (χ3n) is 2.57. The van der Waals surface area contributed by atoms with Gasteiger partial charge in [-0.25, -0.2) is 22.4 Å². The number of carboxylic acids is 1. The lowest BCUT2D eigenvalue weighted by Crippen LogP contribution is -2.44. The molecule has 1 atom stereocenters. The Kier molecular flexibility index (Phi) is 4.69. The topological polar surface area (TPSA) is 66.4 Å². The first-order valence-corrected chi connectivity index (χ1v) is 5.53. The summed E-state index contributed by atoms with van der Waals surface area (Å²) in [7, 11) is 0. The zero-order valence-corrected chi connectivity index (χ0v) is 10.5. The van der Waals surface area contributed by atoms with E-state index in [1.54, 1.807) is 0 Å². The van der Waals surface area contributed by atoms with Crippen molar-refractivity contribution >= 4 is 11.9 Å². The van der Waals surface area contributed by atoms with E-state index >= 15 is 0 Å². The number of aliphatic carboxylic acids is 1. The van der Waals surface area contributed by atoms with E-state index in [-0.39, 0.29) is 6.07 Å². The molecule has 0 aromatic heterocycles. The van der Waals surface area contributed by atoms with Gasteiger partial charge in [-0.3, -0.25) is 4.79 Å². The van der Waals surface area contributed by atoms with Crippen molar-refractivity contribution in [2.24, 2.45) is 5.92 Å². The van der Waals surface area contributed by atoms with Crippen LogP contribution in [0.3, 0.4) is 0 Å². The lowest BCUT2D eigenvalue weighted by atomic mass is 10.0. The van der Waals surface area contributed by atoms with E-state index in [1.807, 2.05) is 5.32 Å². The third kappa shape index (κ3) is 3.06. The molecule has 0 bridgehead atoms. The minimum Gasteiger partial charge on any atom is -0.480 e. The van der Waals surface area contributed by atoms with Crippen LogP contribution in [-0.4, -0.2) is 23.0 Å². The fourth-order valence-corrected chi connectivity index (χ4v) is 1.47. The molecular formula is C12H11F4NO3. The maximum atomic E-state index is 13.4. The van der Waals surface area contributed by atoms with Gasteiger partial charge < -0.3 is 10.4 Å². The van der Waals surface area contributed by atoms with Crippen molar-refractivity contribution in [1.29, 1.82) is 0 Å². The zero-order chi connectivity index (χ0) is 15.6. The number of nitrogens with one attached hydrogen (secondary N) is 1. The average Bonchev–Trinajstić information content (AvgIpc) is 2.36. The number of hydrogen-bond acceptors (Lipinski definition) is 2. The fourth-order valence-electron chi connectivity index (χ4n) is 1.47. The molecule has 20 heavy (non-hydrogen) atoms. The van der Waals surface area contributed by atoms with Gasteiger partial charge in [0.1, 0.15) is 6.04 Å².